The maximum Gasteiger partial charge on any atom is 0.274 e. The van der Waals surface area contributed by atoms with Gasteiger partial charge in [-0.15, -0.1) is 11.3 Å². The third-order valence-electron chi connectivity index (χ3n) is 4.71. The van der Waals surface area contributed by atoms with E-state index in [9.17, 15) is 4.79 Å². The summed E-state index contributed by atoms with van der Waals surface area (Å²) in [6, 6.07) is 7.58. The van der Waals surface area contributed by atoms with Crippen LogP contribution in [0.3, 0.4) is 0 Å². The molecule has 0 spiro atoms. The number of hydrogen-bond donors (Lipinski definition) is 1. The molecule has 1 fully saturated rings. The molecule has 0 saturated carbocycles. The molecule has 1 aliphatic rings. The van der Waals surface area contributed by atoms with E-state index in [1.807, 2.05) is 46.5 Å². The van der Waals surface area contributed by atoms with Crippen molar-refractivity contribution in [2.45, 2.75) is 19.4 Å². The van der Waals surface area contributed by atoms with Gasteiger partial charge in [-0.25, -0.2) is 4.98 Å². The number of carbonyl (C=O) groups is 1. The summed E-state index contributed by atoms with van der Waals surface area (Å²) in [5, 5.41) is 5.47. The van der Waals surface area contributed by atoms with Gasteiger partial charge in [-0.05, 0) is 54.7 Å². The molecule has 1 amide bonds. The van der Waals surface area contributed by atoms with Gasteiger partial charge in [0.05, 0.1) is 5.69 Å². The van der Waals surface area contributed by atoms with Crippen LogP contribution in [0.4, 0.5) is 5.13 Å². The van der Waals surface area contributed by atoms with Crippen molar-refractivity contribution in [3.8, 4) is 0 Å². The Morgan fingerprint density at radius 3 is 2.93 bits per heavy atom. The molecule has 0 aromatic carbocycles. The molecular weight excluding hydrogens is 372 g/mol. The molecule has 28 heavy (non-hydrogen) atoms. The molecule has 0 atom stereocenters. The lowest BCUT2D eigenvalue weighted by Crippen LogP contribution is -2.17. The third-order valence-corrected chi connectivity index (χ3v) is 5.49. The summed E-state index contributed by atoms with van der Waals surface area (Å²) in [6.45, 7) is 2.27. The number of aromatic nitrogens is 3. The highest BCUT2D eigenvalue weighted by Gasteiger charge is 2.14. The number of pyridine rings is 1. The van der Waals surface area contributed by atoms with Gasteiger partial charge >= 0.3 is 0 Å². The lowest BCUT2D eigenvalue weighted by atomic mass is 10.00. The van der Waals surface area contributed by atoms with E-state index in [1.165, 1.54) is 11.3 Å². The summed E-state index contributed by atoms with van der Waals surface area (Å²) in [5.41, 5.74) is 2.57. The van der Waals surface area contributed by atoms with Crippen molar-refractivity contribution < 1.29 is 9.53 Å². The van der Waals surface area contributed by atoms with Crippen LogP contribution < -0.4 is 5.32 Å². The SMILES string of the molecule is O=C(Nc1nc(C=CC2CCOCC2)cs1)c1cccn1Cc1ccncc1. The molecule has 3 aromatic rings. The summed E-state index contributed by atoms with van der Waals surface area (Å²) < 4.78 is 7.30. The highest BCUT2D eigenvalue weighted by molar-refractivity contribution is 7.14. The average Bonchev–Trinajstić information content (AvgIpc) is 3.37. The molecule has 0 unspecified atom stereocenters. The minimum atomic E-state index is -0.159. The van der Waals surface area contributed by atoms with E-state index in [1.54, 1.807) is 12.4 Å². The number of amides is 1. The van der Waals surface area contributed by atoms with Crippen LogP contribution in [-0.4, -0.2) is 33.7 Å². The molecule has 4 rings (SSSR count). The first-order valence-electron chi connectivity index (χ1n) is 9.35. The fraction of sp³-hybridized carbons (Fsp3) is 0.286. The summed E-state index contributed by atoms with van der Waals surface area (Å²) in [6.07, 6.45) is 11.8. The first kappa shape index (κ1) is 18.6. The second-order valence-electron chi connectivity index (χ2n) is 6.72. The Bertz CT molecular complexity index is 942. The molecule has 1 N–H and O–H groups in total. The monoisotopic (exact) mass is 394 g/mol. The standard InChI is InChI=1S/C21H22N4O2S/c26-20(19-2-1-11-25(19)14-17-5-9-22-10-6-17)24-21-23-18(15-28-21)4-3-16-7-12-27-13-8-16/h1-6,9-11,15-16H,7-8,12-14H2,(H,23,24,26). The average molecular weight is 395 g/mol. The lowest BCUT2D eigenvalue weighted by Gasteiger charge is -2.18. The molecule has 0 aliphatic carbocycles. The van der Waals surface area contributed by atoms with Gasteiger partial charge in [-0.2, -0.15) is 0 Å². The zero-order valence-electron chi connectivity index (χ0n) is 15.5. The van der Waals surface area contributed by atoms with Gasteiger partial charge in [-0.3, -0.25) is 15.1 Å². The Balaban J connectivity index is 1.39. The molecule has 3 aromatic heterocycles. The number of rotatable bonds is 6. The first-order valence-corrected chi connectivity index (χ1v) is 10.2. The number of thiazole rings is 1. The van der Waals surface area contributed by atoms with Crippen molar-refractivity contribution in [2.24, 2.45) is 5.92 Å². The normalized spacial score (nSPS) is 15.1. The number of allylic oxidation sites excluding steroid dienone is 1. The molecule has 4 heterocycles. The van der Waals surface area contributed by atoms with Crippen molar-refractivity contribution in [2.75, 3.05) is 18.5 Å². The van der Waals surface area contributed by atoms with E-state index in [4.69, 9.17) is 4.74 Å². The Kier molecular flexibility index (Phi) is 5.94. The topological polar surface area (TPSA) is 69.0 Å². The summed E-state index contributed by atoms with van der Waals surface area (Å²) in [4.78, 5) is 21.2. The van der Waals surface area contributed by atoms with E-state index < -0.39 is 0 Å². The van der Waals surface area contributed by atoms with Gasteiger partial charge in [0.1, 0.15) is 5.69 Å². The number of nitrogens with zero attached hydrogens (tertiary/aromatic N) is 3. The van der Waals surface area contributed by atoms with Crippen LogP contribution >= 0.6 is 11.3 Å². The second kappa shape index (κ2) is 8.95. The van der Waals surface area contributed by atoms with Crippen LogP contribution in [0.1, 0.15) is 34.6 Å². The van der Waals surface area contributed by atoms with Gasteiger partial charge in [0.15, 0.2) is 5.13 Å². The fourth-order valence-corrected chi connectivity index (χ4v) is 3.84. The minimum Gasteiger partial charge on any atom is -0.381 e. The Hall–Kier alpha value is -2.77. The van der Waals surface area contributed by atoms with E-state index >= 15 is 0 Å². The second-order valence-corrected chi connectivity index (χ2v) is 7.58. The number of nitrogens with one attached hydrogen (secondary N) is 1. The molecule has 6 nitrogen and oxygen atoms in total. The first-order chi connectivity index (χ1) is 13.8. The van der Waals surface area contributed by atoms with Crippen molar-refractivity contribution in [3.63, 3.8) is 0 Å². The van der Waals surface area contributed by atoms with E-state index in [2.05, 4.69) is 21.4 Å². The van der Waals surface area contributed by atoms with E-state index in [-0.39, 0.29) is 5.91 Å². The molecule has 0 bridgehead atoms. The fourth-order valence-electron chi connectivity index (χ4n) is 3.17. The van der Waals surface area contributed by atoms with Crippen molar-refractivity contribution in [3.05, 3.63) is 71.3 Å². The maximum absolute atomic E-state index is 12.7. The van der Waals surface area contributed by atoms with Gasteiger partial charge in [0.25, 0.3) is 5.91 Å². The van der Waals surface area contributed by atoms with Crippen molar-refractivity contribution in [1.29, 1.82) is 0 Å². The Morgan fingerprint density at radius 2 is 2.11 bits per heavy atom. The van der Waals surface area contributed by atoms with Gasteiger partial charge in [-0.1, -0.05) is 6.08 Å². The summed E-state index contributed by atoms with van der Waals surface area (Å²) in [5.74, 6) is 0.387. The molecule has 1 aliphatic heterocycles. The predicted octanol–water partition coefficient (Wildman–Crippen LogP) is 4.08. The van der Waals surface area contributed by atoms with Gasteiger partial charge in [0, 0.05) is 43.7 Å². The molecule has 0 radical (unpaired) electrons. The number of carbonyl (C=O) groups excluding carboxylic acids is 1. The van der Waals surface area contributed by atoms with Crippen LogP contribution in [0.2, 0.25) is 0 Å². The highest BCUT2D eigenvalue weighted by Crippen LogP contribution is 2.21. The quantitative estimate of drug-likeness (QED) is 0.684. The molecule has 1 saturated heterocycles. The van der Waals surface area contributed by atoms with Crippen LogP contribution in [0.25, 0.3) is 6.08 Å². The zero-order chi connectivity index (χ0) is 19.2. The lowest BCUT2D eigenvalue weighted by molar-refractivity contribution is 0.0787. The van der Waals surface area contributed by atoms with Crippen LogP contribution in [-0.2, 0) is 11.3 Å². The van der Waals surface area contributed by atoms with Crippen LogP contribution in [0.5, 0.6) is 0 Å². The third kappa shape index (κ3) is 4.74. The van der Waals surface area contributed by atoms with E-state index in [0.717, 1.165) is 37.3 Å². The van der Waals surface area contributed by atoms with Crippen LogP contribution in [0.15, 0.2) is 54.3 Å². The number of anilines is 1. The zero-order valence-corrected chi connectivity index (χ0v) is 16.3. The van der Waals surface area contributed by atoms with E-state index in [0.29, 0.717) is 23.3 Å². The maximum atomic E-state index is 12.7. The number of hydrogen-bond acceptors (Lipinski definition) is 5. The Labute approximate surface area is 167 Å². The molecule has 7 heteroatoms. The van der Waals surface area contributed by atoms with Gasteiger partial charge in [0.2, 0.25) is 0 Å². The van der Waals surface area contributed by atoms with Crippen molar-refractivity contribution in [1.82, 2.24) is 14.5 Å². The summed E-state index contributed by atoms with van der Waals surface area (Å²) >= 11 is 1.44. The minimum absolute atomic E-state index is 0.159. The number of ether oxygens (including phenoxy) is 1. The predicted molar refractivity (Wildman–Crippen MR) is 110 cm³/mol. The smallest absolute Gasteiger partial charge is 0.274 e. The molecular formula is C21H22N4O2S. The van der Waals surface area contributed by atoms with Gasteiger partial charge < -0.3 is 9.30 Å². The molecule has 144 valence electrons. The largest absolute Gasteiger partial charge is 0.381 e. The summed E-state index contributed by atoms with van der Waals surface area (Å²) in [7, 11) is 0. The van der Waals surface area contributed by atoms with Crippen LogP contribution in [0, 0.1) is 5.92 Å². The Morgan fingerprint density at radius 1 is 1.29 bits per heavy atom. The highest BCUT2D eigenvalue weighted by atomic mass is 32.1. The van der Waals surface area contributed by atoms with Crippen molar-refractivity contribution >= 4 is 28.5 Å².